The van der Waals surface area contributed by atoms with E-state index in [0.717, 1.165) is 25.9 Å². The molecule has 0 aromatic heterocycles. The van der Waals surface area contributed by atoms with Crippen molar-refractivity contribution in [2.45, 2.75) is 19.3 Å². The Balaban J connectivity index is 2.15. The summed E-state index contributed by atoms with van der Waals surface area (Å²) in [4.78, 5) is 12.2. The summed E-state index contributed by atoms with van der Waals surface area (Å²) >= 11 is 5.96. The lowest BCUT2D eigenvalue weighted by molar-refractivity contribution is 0.0747. The number of carbonyl (C=O) groups excluding carboxylic acids is 1. The molecule has 0 aliphatic carbocycles. The van der Waals surface area contributed by atoms with Crippen LogP contribution in [-0.2, 0) is 0 Å². The van der Waals surface area contributed by atoms with Gasteiger partial charge in [-0.25, -0.2) is 5.01 Å². The van der Waals surface area contributed by atoms with E-state index in [4.69, 9.17) is 22.1 Å². The molecule has 104 valence electrons. The van der Waals surface area contributed by atoms with Crippen LogP contribution in [0.5, 0.6) is 5.75 Å². The number of hydrogen-bond acceptors (Lipinski definition) is 4. The van der Waals surface area contributed by atoms with E-state index in [1.54, 1.807) is 6.07 Å². The van der Waals surface area contributed by atoms with Gasteiger partial charge in [-0.3, -0.25) is 10.2 Å². The molecule has 1 aliphatic heterocycles. The molecule has 19 heavy (non-hydrogen) atoms. The zero-order valence-corrected chi connectivity index (χ0v) is 11.7. The summed E-state index contributed by atoms with van der Waals surface area (Å²) in [5.41, 5.74) is 9.36. The van der Waals surface area contributed by atoms with Crippen molar-refractivity contribution in [2.75, 3.05) is 25.9 Å². The van der Waals surface area contributed by atoms with Crippen molar-refractivity contribution in [1.29, 1.82) is 0 Å². The van der Waals surface area contributed by atoms with Crippen molar-refractivity contribution in [3.05, 3.63) is 22.7 Å². The number of nitrogens with zero attached hydrogens (tertiary/aromatic N) is 1. The second-order valence-electron chi connectivity index (χ2n) is 4.56. The first-order valence-corrected chi connectivity index (χ1v) is 6.68. The number of nitrogen functional groups attached to an aromatic ring is 1. The fourth-order valence-electron chi connectivity index (χ4n) is 2.12. The molecule has 1 aliphatic rings. The van der Waals surface area contributed by atoms with Crippen molar-refractivity contribution in [3.8, 4) is 5.75 Å². The van der Waals surface area contributed by atoms with E-state index in [9.17, 15) is 4.79 Å². The van der Waals surface area contributed by atoms with Crippen LogP contribution in [0.4, 0.5) is 5.69 Å². The molecule has 1 amide bonds. The summed E-state index contributed by atoms with van der Waals surface area (Å²) in [6, 6.07) is 3.10. The van der Waals surface area contributed by atoms with Crippen molar-refractivity contribution in [3.63, 3.8) is 0 Å². The zero-order valence-electron chi connectivity index (χ0n) is 10.9. The molecule has 0 spiro atoms. The van der Waals surface area contributed by atoms with Crippen LogP contribution in [0.3, 0.4) is 0 Å². The van der Waals surface area contributed by atoms with Crippen LogP contribution in [0.1, 0.15) is 29.6 Å². The highest BCUT2D eigenvalue weighted by molar-refractivity contribution is 6.33. The second-order valence-corrected chi connectivity index (χ2v) is 4.97. The Morgan fingerprint density at radius 3 is 2.68 bits per heavy atom. The minimum Gasteiger partial charge on any atom is -0.496 e. The van der Waals surface area contributed by atoms with Crippen molar-refractivity contribution in [2.24, 2.45) is 0 Å². The van der Waals surface area contributed by atoms with Crippen LogP contribution in [0.15, 0.2) is 12.1 Å². The van der Waals surface area contributed by atoms with Crippen LogP contribution in [0.2, 0.25) is 5.02 Å². The molecular weight excluding hydrogens is 266 g/mol. The summed E-state index contributed by atoms with van der Waals surface area (Å²) in [7, 11) is 1.50. The molecule has 0 radical (unpaired) electrons. The fraction of sp³-hybridized carbons (Fsp3) is 0.462. The van der Waals surface area contributed by atoms with E-state index >= 15 is 0 Å². The average Bonchev–Trinajstić information content (AvgIpc) is 2.42. The van der Waals surface area contributed by atoms with Gasteiger partial charge in [0.25, 0.3) is 5.91 Å². The number of nitrogens with two attached hydrogens (primary N) is 1. The van der Waals surface area contributed by atoms with Gasteiger partial charge in [-0.1, -0.05) is 18.0 Å². The first kappa shape index (κ1) is 14.0. The number of methoxy groups -OCH3 is 1. The molecule has 3 N–H and O–H groups in total. The molecule has 0 saturated carbocycles. The molecular formula is C13H18ClN3O2. The van der Waals surface area contributed by atoms with Crippen LogP contribution in [0, 0.1) is 0 Å². The predicted octanol–water partition coefficient (Wildman–Crippen LogP) is 2.06. The number of piperidine rings is 1. The van der Waals surface area contributed by atoms with Gasteiger partial charge in [0.15, 0.2) is 0 Å². The molecule has 6 heteroatoms. The van der Waals surface area contributed by atoms with Crippen LogP contribution >= 0.6 is 11.6 Å². The van der Waals surface area contributed by atoms with Gasteiger partial charge in [0.1, 0.15) is 5.75 Å². The third-order valence-electron chi connectivity index (χ3n) is 3.18. The molecule has 1 aromatic rings. The third kappa shape index (κ3) is 3.30. The Hall–Kier alpha value is -1.46. The van der Waals surface area contributed by atoms with Gasteiger partial charge in [0, 0.05) is 19.2 Å². The van der Waals surface area contributed by atoms with Crippen LogP contribution < -0.4 is 15.9 Å². The van der Waals surface area contributed by atoms with E-state index in [1.165, 1.54) is 19.6 Å². The largest absolute Gasteiger partial charge is 0.496 e. The van der Waals surface area contributed by atoms with Gasteiger partial charge >= 0.3 is 0 Å². The summed E-state index contributed by atoms with van der Waals surface area (Å²) in [5, 5.41) is 2.28. The molecule has 1 fully saturated rings. The monoisotopic (exact) mass is 283 g/mol. The Kier molecular flexibility index (Phi) is 4.50. The summed E-state index contributed by atoms with van der Waals surface area (Å²) in [6.45, 7) is 1.74. The minimum atomic E-state index is -0.222. The lowest BCUT2D eigenvalue weighted by atomic mass is 10.1. The maximum Gasteiger partial charge on any atom is 0.269 e. The highest BCUT2D eigenvalue weighted by Crippen LogP contribution is 2.28. The molecule has 5 nitrogen and oxygen atoms in total. The SMILES string of the molecule is COc1cc(N)c(Cl)cc1C(=O)NN1CCCCC1. The summed E-state index contributed by atoms with van der Waals surface area (Å²) in [5.74, 6) is 0.206. The maximum atomic E-state index is 12.2. The smallest absolute Gasteiger partial charge is 0.269 e. The third-order valence-corrected chi connectivity index (χ3v) is 3.51. The number of benzene rings is 1. The number of rotatable bonds is 3. The normalized spacial score (nSPS) is 16.1. The van der Waals surface area contributed by atoms with E-state index in [1.807, 2.05) is 5.01 Å². The van der Waals surface area contributed by atoms with Crippen molar-refractivity contribution in [1.82, 2.24) is 10.4 Å². The summed E-state index contributed by atoms with van der Waals surface area (Å²) in [6.07, 6.45) is 3.41. The van der Waals surface area contributed by atoms with Gasteiger partial charge in [0.2, 0.25) is 0 Å². The first-order chi connectivity index (χ1) is 9.11. The zero-order chi connectivity index (χ0) is 13.8. The predicted molar refractivity (Wildman–Crippen MR) is 75.3 cm³/mol. The highest BCUT2D eigenvalue weighted by Gasteiger charge is 2.18. The topological polar surface area (TPSA) is 67.6 Å². The molecule has 1 saturated heterocycles. The molecule has 1 aromatic carbocycles. The van der Waals surface area contributed by atoms with Crippen molar-refractivity contribution < 1.29 is 9.53 Å². The number of amides is 1. The number of ether oxygens (including phenoxy) is 1. The van der Waals surface area contributed by atoms with E-state index in [0.29, 0.717) is 22.0 Å². The number of carbonyl (C=O) groups is 1. The molecule has 1 heterocycles. The minimum absolute atomic E-state index is 0.222. The molecule has 0 bridgehead atoms. The summed E-state index contributed by atoms with van der Waals surface area (Å²) < 4.78 is 5.17. The fourth-order valence-corrected chi connectivity index (χ4v) is 2.29. The lowest BCUT2D eigenvalue weighted by Crippen LogP contribution is -2.45. The number of anilines is 1. The average molecular weight is 284 g/mol. The molecule has 2 rings (SSSR count). The van der Waals surface area contributed by atoms with E-state index in [2.05, 4.69) is 5.43 Å². The number of hydrogen-bond donors (Lipinski definition) is 2. The Morgan fingerprint density at radius 1 is 1.37 bits per heavy atom. The Labute approximate surface area is 117 Å². The number of halogens is 1. The van der Waals surface area contributed by atoms with E-state index in [-0.39, 0.29) is 5.91 Å². The van der Waals surface area contributed by atoms with Crippen LogP contribution in [0.25, 0.3) is 0 Å². The first-order valence-electron chi connectivity index (χ1n) is 6.30. The van der Waals surface area contributed by atoms with Gasteiger partial charge < -0.3 is 10.5 Å². The van der Waals surface area contributed by atoms with Gasteiger partial charge in [0.05, 0.1) is 23.4 Å². The number of nitrogens with one attached hydrogen (secondary N) is 1. The lowest BCUT2D eigenvalue weighted by Gasteiger charge is -2.27. The van der Waals surface area contributed by atoms with Gasteiger partial charge in [-0.2, -0.15) is 0 Å². The standard InChI is InChI=1S/C13H18ClN3O2/c1-19-12-8-11(15)10(14)7-9(12)13(18)16-17-5-3-2-4-6-17/h7-8H,2-6,15H2,1H3,(H,16,18). The molecule has 0 atom stereocenters. The van der Waals surface area contributed by atoms with Gasteiger partial charge in [-0.05, 0) is 18.9 Å². The Morgan fingerprint density at radius 2 is 2.05 bits per heavy atom. The molecule has 0 unspecified atom stereocenters. The van der Waals surface area contributed by atoms with Gasteiger partial charge in [-0.15, -0.1) is 0 Å². The number of hydrazine groups is 1. The van der Waals surface area contributed by atoms with E-state index < -0.39 is 0 Å². The Bertz CT molecular complexity index is 473. The highest BCUT2D eigenvalue weighted by atomic mass is 35.5. The van der Waals surface area contributed by atoms with Crippen molar-refractivity contribution >= 4 is 23.2 Å². The van der Waals surface area contributed by atoms with Crippen LogP contribution in [-0.4, -0.2) is 31.1 Å². The second kappa shape index (κ2) is 6.12. The maximum absolute atomic E-state index is 12.2. The quantitative estimate of drug-likeness (QED) is 0.833.